The number of rotatable bonds is 4. The lowest BCUT2D eigenvalue weighted by atomic mass is 10.0. The third-order valence-corrected chi connectivity index (χ3v) is 6.05. The molecule has 2 aromatic rings. The minimum atomic E-state index is -0.312. The smallest absolute Gasteiger partial charge is 0.306 e. The van der Waals surface area contributed by atoms with E-state index < -0.39 is 0 Å². The molecule has 1 aliphatic carbocycles. The number of benzene rings is 1. The molecular weight excluding hydrogens is 362 g/mol. The molecule has 4 rings (SSSR count). The van der Waals surface area contributed by atoms with Gasteiger partial charge in [-0.2, -0.15) is 5.10 Å². The predicted octanol–water partition coefficient (Wildman–Crippen LogP) is 4.76. The van der Waals surface area contributed by atoms with Gasteiger partial charge in [-0.15, -0.1) is 0 Å². The van der Waals surface area contributed by atoms with E-state index in [0.29, 0.717) is 16.8 Å². The monoisotopic (exact) mass is 387 g/mol. The van der Waals surface area contributed by atoms with Crippen LogP contribution in [0.15, 0.2) is 36.5 Å². The number of halogens is 1. The Hall–Kier alpha value is -2.05. The van der Waals surface area contributed by atoms with Crippen LogP contribution in [0.4, 0.5) is 16.3 Å². The standard InChI is InChI=1S/C20H26ClN5O/c21-17-7-3-4-8-18(17)23-20(27)24-19-9-12-22-26(19)16-10-13-25(14-11-16)15-5-1-2-6-15/h3-4,7-9,12,15-16H,1-2,5-6,10-11,13-14H2,(H2,23,24,27). The molecule has 2 fully saturated rings. The summed E-state index contributed by atoms with van der Waals surface area (Å²) in [6.45, 7) is 2.22. The van der Waals surface area contributed by atoms with Gasteiger partial charge in [-0.1, -0.05) is 36.6 Å². The highest BCUT2D eigenvalue weighted by Crippen LogP contribution is 2.31. The van der Waals surface area contributed by atoms with Crippen molar-refractivity contribution in [1.29, 1.82) is 0 Å². The number of piperidine rings is 1. The van der Waals surface area contributed by atoms with Gasteiger partial charge in [-0.25, -0.2) is 9.48 Å². The number of likely N-dealkylation sites (tertiary alicyclic amines) is 1. The van der Waals surface area contributed by atoms with Crippen molar-refractivity contribution in [2.24, 2.45) is 0 Å². The first-order valence-electron chi connectivity index (χ1n) is 9.81. The Kier molecular flexibility index (Phi) is 5.64. The number of carbonyl (C=O) groups excluding carboxylic acids is 1. The number of para-hydroxylation sites is 1. The lowest BCUT2D eigenvalue weighted by Gasteiger charge is -2.36. The van der Waals surface area contributed by atoms with E-state index in [1.54, 1.807) is 18.3 Å². The van der Waals surface area contributed by atoms with E-state index in [9.17, 15) is 4.79 Å². The normalized spacial score (nSPS) is 19.3. The number of hydrogen-bond donors (Lipinski definition) is 2. The molecule has 27 heavy (non-hydrogen) atoms. The molecule has 1 aliphatic heterocycles. The number of carbonyl (C=O) groups is 1. The molecule has 1 aromatic carbocycles. The largest absolute Gasteiger partial charge is 0.324 e. The van der Waals surface area contributed by atoms with Crippen molar-refractivity contribution in [2.45, 2.75) is 50.6 Å². The molecule has 1 saturated heterocycles. The quantitative estimate of drug-likeness (QED) is 0.794. The van der Waals surface area contributed by atoms with E-state index in [0.717, 1.165) is 37.8 Å². The Balaban J connectivity index is 1.35. The van der Waals surface area contributed by atoms with E-state index >= 15 is 0 Å². The van der Waals surface area contributed by atoms with Gasteiger partial charge in [0, 0.05) is 25.2 Å². The van der Waals surface area contributed by atoms with Gasteiger partial charge in [-0.3, -0.25) is 5.32 Å². The third kappa shape index (κ3) is 4.28. The zero-order chi connectivity index (χ0) is 18.6. The van der Waals surface area contributed by atoms with E-state index in [1.165, 1.54) is 25.7 Å². The van der Waals surface area contributed by atoms with Crippen molar-refractivity contribution in [3.63, 3.8) is 0 Å². The Morgan fingerprint density at radius 2 is 1.74 bits per heavy atom. The maximum absolute atomic E-state index is 12.4. The highest BCUT2D eigenvalue weighted by Gasteiger charge is 2.28. The first-order chi connectivity index (χ1) is 13.2. The van der Waals surface area contributed by atoms with Crippen molar-refractivity contribution in [3.8, 4) is 0 Å². The fourth-order valence-corrected chi connectivity index (χ4v) is 4.48. The van der Waals surface area contributed by atoms with Gasteiger partial charge >= 0.3 is 6.03 Å². The molecular formula is C20H26ClN5O. The summed E-state index contributed by atoms with van der Waals surface area (Å²) in [7, 11) is 0. The van der Waals surface area contributed by atoms with Crippen LogP contribution >= 0.6 is 11.6 Å². The Labute approximate surface area is 164 Å². The van der Waals surface area contributed by atoms with Crippen LogP contribution in [-0.2, 0) is 0 Å². The minimum Gasteiger partial charge on any atom is -0.306 e. The van der Waals surface area contributed by atoms with Crippen LogP contribution in [0.25, 0.3) is 0 Å². The van der Waals surface area contributed by atoms with E-state index in [-0.39, 0.29) is 6.03 Å². The van der Waals surface area contributed by atoms with Crippen LogP contribution in [0.2, 0.25) is 5.02 Å². The van der Waals surface area contributed by atoms with Gasteiger partial charge < -0.3 is 10.2 Å². The molecule has 0 atom stereocenters. The van der Waals surface area contributed by atoms with Crippen molar-refractivity contribution < 1.29 is 4.79 Å². The summed E-state index contributed by atoms with van der Waals surface area (Å²) in [5.41, 5.74) is 0.590. The molecule has 0 radical (unpaired) electrons. The predicted molar refractivity (Wildman–Crippen MR) is 108 cm³/mol. The summed E-state index contributed by atoms with van der Waals surface area (Å²) in [6, 6.07) is 9.83. The number of hydrogen-bond acceptors (Lipinski definition) is 3. The van der Waals surface area contributed by atoms with Gasteiger partial charge in [0.2, 0.25) is 0 Å². The van der Waals surface area contributed by atoms with Crippen LogP contribution in [0.1, 0.15) is 44.6 Å². The average Bonchev–Trinajstić information content (AvgIpc) is 3.36. The van der Waals surface area contributed by atoms with E-state index in [1.807, 2.05) is 22.9 Å². The highest BCUT2D eigenvalue weighted by atomic mass is 35.5. The second-order valence-electron chi connectivity index (χ2n) is 7.43. The molecule has 6 nitrogen and oxygen atoms in total. The van der Waals surface area contributed by atoms with Gasteiger partial charge in [-0.05, 0) is 37.8 Å². The van der Waals surface area contributed by atoms with Gasteiger partial charge in [0.05, 0.1) is 22.9 Å². The first kappa shape index (κ1) is 18.3. The third-order valence-electron chi connectivity index (χ3n) is 5.72. The van der Waals surface area contributed by atoms with Crippen molar-refractivity contribution in [3.05, 3.63) is 41.6 Å². The maximum Gasteiger partial charge on any atom is 0.324 e. The summed E-state index contributed by atoms with van der Waals surface area (Å²) in [6.07, 6.45) is 9.33. The molecule has 2 amide bonds. The fraction of sp³-hybridized carbons (Fsp3) is 0.500. The van der Waals surface area contributed by atoms with Crippen LogP contribution < -0.4 is 10.6 Å². The summed E-state index contributed by atoms with van der Waals surface area (Å²) in [4.78, 5) is 15.0. The molecule has 2 aliphatic rings. The Morgan fingerprint density at radius 3 is 2.48 bits per heavy atom. The highest BCUT2D eigenvalue weighted by molar-refractivity contribution is 6.33. The lowest BCUT2D eigenvalue weighted by Crippen LogP contribution is -2.41. The van der Waals surface area contributed by atoms with Gasteiger partial charge in [0.15, 0.2) is 0 Å². The van der Waals surface area contributed by atoms with Crippen molar-refractivity contribution >= 4 is 29.1 Å². The molecule has 1 aromatic heterocycles. The zero-order valence-corrected chi connectivity index (χ0v) is 16.2. The summed E-state index contributed by atoms with van der Waals surface area (Å²) < 4.78 is 1.96. The van der Waals surface area contributed by atoms with Crippen LogP contribution in [-0.4, -0.2) is 39.8 Å². The molecule has 0 bridgehead atoms. The summed E-state index contributed by atoms with van der Waals surface area (Å²) >= 11 is 6.11. The van der Waals surface area contributed by atoms with Crippen LogP contribution in [0.5, 0.6) is 0 Å². The number of amides is 2. The molecule has 0 unspecified atom stereocenters. The van der Waals surface area contributed by atoms with E-state index in [2.05, 4.69) is 20.6 Å². The van der Waals surface area contributed by atoms with Crippen molar-refractivity contribution in [1.82, 2.24) is 14.7 Å². The SMILES string of the molecule is O=C(Nc1ccccc1Cl)Nc1ccnn1C1CCN(C2CCCC2)CC1. The zero-order valence-electron chi connectivity index (χ0n) is 15.4. The number of aromatic nitrogens is 2. The Bertz CT molecular complexity index is 778. The molecule has 2 heterocycles. The molecule has 2 N–H and O–H groups in total. The van der Waals surface area contributed by atoms with Crippen LogP contribution in [0, 0.1) is 0 Å². The molecule has 7 heteroatoms. The van der Waals surface area contributed by atoms with Gasteiger partial charge in [0.1, 0.15) is 5.82 Å². The minimum absolute atomic E-state index is 0.312. The second-order valence-corrected chi connectivity index (χ2v) is 7.83. The number of anilines is 2. The van der Waals surface area contributed by atoms with Crippen LogP contribution in [0.3, 0.4) is 0 Å². The summed E-state index contributed by atoms with van der Waals surface area (Å²) in [5.74, 6) is 0.721. The van der Waals surface area contributed by atoms with Gasteiger partial charge in [0.25, 0.3) is 0 Å². The van der Waals surface area contributed by atoms with Crippen molar-refractivity contribution in [2.75, 3.05) is 23.7 Å². The summed E-state index contributed by atoms with van der Waals surface area (Å²) in [5, 5.41) is 10.7. The fourth-order valence-electron chi connectivity index (χ4n) is 4.30. The number of nitrogens with zero attached hydrogens (tertiary/aromatic N) is 3. The topological polar surface area (TPSA) is 62.2 Å². The molecule has 0 spiro atoms. The number of nitrogens with one attached hydrogen (secondary N) is 2. The molecule has 144 valence electrons. The number of urea groups is 1. The average molecular weight is 388 g/mol. The maximum atomic E-state index is 12.4. The Morgan fingerprint density at radius 1 is 1.00 bits per heavy atom. The lowest BCUT2D eigenvalue weighted by molar-refractivity contribution is 0.133. The first-order valence-corrected chi connectivity index (χ1v) is 10.2. The molecule has 1 saturated carbocycles. The van der Waals surface area contributed by atoms with E-state index in [4.69, 9.17) is 11.6 Å². The second kappa shape index (κ2) is 8.31.